The van der Waals surface area contributed by atoms with Crippen LogP contribution in [0.15, 0.2) is 79.3 Å². The lowest BCUT2D eigenvalue weighted by Crippen LogP contribution is -2.11. The summed E-state index contributed by atoms with van der Waals surface area (Å²) in [7, 11) is 0. The van der Waals surface area contributed by atoms with Crippen molar-refractivity contribution in [3.05, 3.63) is 94.0 Å². The first-order chi connectivity index (χ1) is 15.0. The third-order valence-electron chi connectivity index (χ3n) is 4.36. The number of rotatable bonds is 6. The molecule has 0 bridgehead atoms. The van der Waals surface area contributed by atoms with Crippen molar-refractivity contribution in [3.8, 4) is 0 Å². The maximum Gasteiger partial charge on any atom is 0.255 e. The molecule has 0 radical (unpaired) electrons. The Morgan fingerprint density at radius 3 is 2.13 bits per heavy atom. The molecule has 0 saturated heterocycles. The van der Waals surface area contributed by atoms with Crippen molar-refractivity contribution in [1.29, 1.82) is 0 Å². The van der Waals surface area contributed by atoms with E-state index in [-0.39, 0.29) is 5.91 Å². The molecule has 4 rings (SSSR count). The van der Waals surface area contributed by atoms with Crippen LogP contribution < -0.4 is 16.0 Å². The Bertz CT molecular complexity index is 1200. The number of anilines is 5. The number of benzene rings is 2. The number of carbonyl (C=O) groups excluding carboxylic acids is 1. The molecule has 4 aromatic rings. The van der Waals surface area contributed by atoms with Crippen LogP contribution in [0.25, 0.3) is 0 Å². The molecule has 0 saturated carbocycles. The van der Waals surface area contributed by atoms with Crippen LogP contribution in [0.3, 0.4) is 0 Å². The van der Waals surface area contributed by atoms with Gasteiger partial charge in [0.15, 0.2) is 0 Å². The van der Waals surface area contributed by atoms with Crippen LogP contribution in [-0.2, 0) is 0 Å². The number of aromatic nitrogens is 3. The number of carbonyl (C=O) groups is 1. The molecule has 0 unspecified atom stereocenters. The monoisotopic (exact) mass is 522 g/mol. The van der Waals surface area contributed by atoms with Gasteiger partial charge >= 0.3 is 0 Å². The number of halogens is 1. The highest BCUT2D eigenvalue weighted by atomic mass is 127. The largest absolute Gasteiger partial charge is 0.340 e. The molecule has 2 aromatic heterocycles. The van der Waals surface area contributed by atoms with E-state index in [2.05, 4.69) is 53.5 Å². The normalized spacial score (nSPS) is 10.4. The van der Waals surface area contributed by atoms with Gasteiger partial charge in [-0.3, -0.25) is 4.79 Å². The maximum atomic E-state index is 12.4. The van der Waals surface area contributed by atoms with Crippen molar-refractivity contribution in [2.45, 2.75) is 6.92 Å². The molecule has 0 atom stereocenters. The van der Waals surface area contributed by atoms with Gasteiger partial charge in [0.1, 0.15) is 23.8 Å². The van der Waals surface area contributed by atoms with Crippen molar-refractivity contribution in [3.63, 3.8) is 0 Å². The van der Waals surface area contributed by atoms with Crippen LogP contribution in [0.4, 0.5) is 28.8 Å². The minimum atomic E-state index is -0.145. The summed E-state index contributed by atoms with van der Waals surface area (Å²) in [4.78, 5) is 25.1. The summed E-state index contributed by atoms with van der Waals surface area (Å²) in [5.74, 6) is 1.85. The molecule has 1 amide bonds. The summed E-state index contributed by atoms with van der Waals surface area (Å²) in [5.41, 5.74) is 3.28. The Morgan fingerprint density at radius 1 is 0.774 bits per heavy atom. The zero-order chi connectivity index (χ0) is 21.6. The summed E-state index contributed by atoms with van der Waals surface area (Å²) >= 11 is 2.21. The fourth-order valence-electron chi connectivity index (χ4n) is 2.82. The molecular weight excluding hydrogens is 503 g/mol. The van der Waals surface area contributed by atoms with Gasteiger partial charge < -0.3 is 16.0 Å². The second kappa shape index (κ2) is 9.52. The van der Waals surface area contributed by atoms with E-state index in [1.807, 2.05) is 55.5 Å². The number of nitrogens with zero attached hydrogens (tertiary/aromatic N) is 3. The molecule has 0 aliphatic carbocycles. The Morgan fingerprint density at radius 2 is 1.42 bits per heavy atom. The van der Waals surface area contributed by atoms with E-state index >= 15 is 0 Å². The number of aryl methyl sites for hydroxylation is 1. The van der Waals surface area contributed by atoms with Gasteiger partial charge in [-0.25, -0.2) is 15.0 Å². The van der Waals surface area contributed by atoms with Crippen LogP contribution in [0.5, 0.6) is 0 Å². The van der Waals surface area contributed by atoms with E-state index in [0.717, 1.165) is 20.6 Å². The van der Waals surface area contributed by atoms with Crippen molar-refractivity contribution in [1.82, 2.24) is 15.0 Å². The Balaban J connectivity index is 1.39. The van der Waals surface area contributed by atoms with Crippen molar-refractivity contribution in [2.75, 3.05) is 16.0 Å². The van der Waals surface area contributed by atoms with Gasteiger partial charge in [-0.15, -0.1) is 0 Å². The van der Waals surface area contributed by atoms with Crippen molar-refractivity contribution < 1.29 is 4.79 Å². The predicted molar refractivity (Wildman–Crippen MR) is 131 cm³/mol. The minimum Gasteiger partial charge on any atom is -0.340 e. The summed E-state index contributed by atoms with van der Waals surface area (Å²) in [6.07, 6.45) is 3.23. The van der Waals surface area contributed by atoms with Crippen molar-refractivity contribution >= 4 is 57.3 Å². The first-order valence-electron chi connectivity index (χ1n) is 9.51. The predicted octanol–water partition coefficient (Wildman–Crippen LogP) is 5.52. The van der Waals surface area contributed by atoms with E-state index in [1.54, 1.807) is 24.4 Å². The third-order valence-corrected chi connectivity index (χ3v) is 5.08. The van der Waals surface area contributed by atoms with Crippen LogP contribution in [0.2, 0.25) is 0 Å². The summed E-state index contributed by atoms with van der Waals surface area (Å²) in [6, 6.07) is 20.5. The number of hydrogen-bond donors (Lipinski definition) is 3. The zero-order valence-corrected chi connectivity index (χ0v) is 18.8. The maximum absolute atomic E-state index is 12.4. The van der Waals surface area contributed by atoms with Gasteiger partial charge in [0.25, 0.3) is 5.91 Å². The van der Waals surface area contributed by atoms with E-state index in [0.29, 0.717) is 22.9 Å². The molecule has 154 valence electrons. The SMILES string of the molecule is Cc1ccnc(Nc2cc(Nc3ccc(NC(=O)c4ccc(I)cc4)cc3)ncn2)c1. The van der Waals surface area contributed by atoms with Gasteiger partial charge in [0.05, 0.1) is 0 Å². The molecule has 0 spiro atoms. The van der Waals surface area contributed by atoms with E-state index < -0.39 is 0 Å². The quantitative estimate of drug-likeness (QED) is 0.289. The first-order valence-corrected chi connectivity index (χ1v) is 10.6. The molecule has 2 heterocycles. The minimum absolute atomic E-state index is 0.145. The first kappa shape index (κ1) is 20.7. The Hall–Kier alpha value is -3.53. The molecule has 0 aliphatic heterocycles. The second-order valence-electron chi connectivity index (χ2n) is 6.80. The van der Waals surface area contributed by atoms with Gasteiger partial charge in [-0.2, -0.15) is 0 Å². The third kappa shape index (κ3) is 5.76. The van der Waals surface area contributed by atoms with Gasteiger partial charge in [-0.05, 0) is 95.7 Å². The van der Waals surface area contributed by atoms with Crippen LogP contribution in [0, 0.1) is 10.5 Å². The number of pyridine rings is 1. The molecule has 7 nitrogen and oxygen atoms in total. The second-order valence-corrected chi connectivity index (χ2v) is 8.04. The molecule has 2 aromatic carbocycles. The van der Waals surface area contributed by atoms with Crippen LogP contribution in [-0.4, -0.2) is 20.9 Å². The smallest absolute Gasteiger partial charge is 0.255 e. The summed E-state index contributed by atoms with van der Waals surface area (Å²) in [5, 5.41) is 9.30. The van der Waals surface area contributed by atoms with E-state index in [1.165, 1.54) is 6.33 Å². The molecule has 31 heavy (non-hydrogen) atoms. The fraction of sp³-hybridized carbons (Fsp3) is 0.0435. The fourth-order valence-corrected chi connectivity index (χ4v) is 3.18. The molecule has 8 heteroatoms. The topological polar surface area (TPSA) is 91.8 Å². The molecule has 3 N–H and O–H groups in total. The van der Waals surface area contributed by atoms with Gasteiger partial charge in [-0.1, -0.05) is 0 Å². The van der Waals surface area contributed by atoms with E-state index in [4.69, 9.17) is 0 Å². The highest BCUT2D eigenvalue weighted by molar-refractivity contribution is 14.1. The average molecular weight is 522 g/mol. The number of nitrogens with one attached hydrogen (secondary N) is 3. The number of amides is 1. The van der Waals surface area contributed by atoms with Crippen LogP contribution in [0.1, 0.15) is 15.9 Å². The van der Waals surface area contributed by atoms with Crippen LogP contribution >= 0.6 is 22.6 Å². The van der Waals surface area contributed by atoms with Crippen molar-refractivity contribution in [2.24, 2.45) is 0 Å². The lowest BCUT2D eigenvalue weighted by Gasteiger charge is -2.10. The lowest BCUT2D eigenvalue weighted by molar-refractivity contribution is 0.102. The molecular formula is C23H19IN6O. The standard InChI is InChI=1S/C23H19IN6O/c1-15-10-11-25-20(12-15)30-22-13-21(26-14-27-22)28-18-6-8-19(9-7-18)29-23(31)16-2-4-17(24)5-3-16/h2-14H,1H3,(H,29,31)(H2,25,26,27,28,30). The lowest BCUT2D eigenvalue weighted by atomic mass is 10.2. The van der Waals surface area contributed by atoms with Gasteiger partial charge in [0, 0.05) is 32.8 Å². The Kier molecular flexibility index (Phi) is 6.37. The summed E-state index contributed by atoms with van der Waals surface area (Å²) < 4.78 is 1.09. The number of hydrogen-bond acceptors (Lipinski definition) is 6. The zero-order valence-electron chi connectivity index (χ0n) is 16.6. The molecule has 0 fully saturated rings. The van der Waals surface area contributed by atoms with Gasteiger partial charge in [0.2, 0.25) is 0 Å². The Labute approximate surface area is 193 Å². The average Bonchev–Trinajstić information content (AvgIpc) is 2.76. The van der Waals surface area contributed by atoms with E-state index in [9.17, 15) is 4.79 Å². The summed E-state index contributed by atoms with van der Waals surface area (Å²) in [6.45, 7) is 2.01. The molecule has 0 aliphatic rings. The highest BCUT2D eigenvalue weighted by Gasteiger charge is 2.06. The highest BCUT2D eigenvalue weighted by Crippen LogP contribution is 2.21.